The van der Waals surface area contributed by atoms with Crippen LogP contribution in [-0.2, 0) is 59.4 Å². The molecular formula is C42H62O8. The second-order valence-corrected chi connectivity index (χ2v) is 12.2. The van der Waals surface area contributed by atoms with Crippen LogP contribution in [0.1, 0.15) is 74.1 Å². The number of hydrogen-bond donors (Lipinski definition) is 0. The van der Waals surface area contributed by atoms with E-state index in [1.54, 1.807) is 0 Å². The Morgan fingerprint density at radius 3 is 1.34 bits per heavy atom. The molecule has 3 aromatic rings. The fourth-order valence-electron chi connectivity index (χ4n) is 5.23. The Morgan fingerprint density at radius 1 is 0.380 bits per heavy atom. The fourth-order valence-corrected chi connectivity index (χ4v) is 5.23. The summed E-state index contributed by atoms with van der Waals surface area (Å²) in [7, 11) is 0. The molecule has 8 nitrogen and oxygen atoms in total. The molecule has 0 aromatic heterocycles. The zero-order valence-electron chi connectivity index (χ0n) is 30.5. The molecule has 0 bridgehead atoms. The highest BCUT2D eigenvalue weighted by molar-refractivity contribution is 5.37. The Hall–Kier alpha value is -2.82. The zero-order chi connectivity index (χ0) is 35.0. The molecule has 0 saturated carbocycles. The minimum absolute atomic E-state index is 0.493. The monoisotopic (exact) mass is 694 g/mol. The highest BCUT2D eigenvalue weighted by atomic mass is 16.6. The molecule has 0 saturated heterocycles. The van der Waals surface area contributed by atoms with E-state index in [1.165, 1.54) is 50.5 Å². The minimum atomic E-state index is 0.493. The highest BCUT2D eigenvalue weighted by Crippen LogP contribution is 2.24. The van der Waals surface area contributed by atoms with Crippen LogP contribution in [0.3, 0.4) is 0 Å². The van der Waals surface area contributed by atoms with Crippen molar-refractivity contribution >= 4 is 0 Å². The van der Waals surface area contributed by atoms with Crippen LogP contribution in [0.2, 0.25) is 0 Å². The normalized spacial score (nSPS) is 11.3. The number of aryl methyl sites for hydroxylation is 1. The van der Waals surface area contributed by atoms with Crippen LogP contribution in [0.15, 0.2) is 78.9 Å². The van der Waals surface area contributed by atoms with Gasteiger partial charge in [0.25, 0.3) is 0 Å². The summed E-state index contributed by atoms with van der Waals surface area (Å²) in [5.41, 5.74) is 4.74. The van der Waals surface area contributed by atoms with Crippen LogP contribution >= 0.6 is 0 Å². The van der Waals surface area contributed by atoms with E-state index >= 15 is 0 Å². The summed E-state index contributed by atoms with van der Waals surface area (Å²) in [6.07, 6.45) is 10.3. The van der Waals surface area contributed by atoms with Gasteiger partial charge in [0.2, 0.25) is 0 Å². The van der Waals surface area contributed by atoms with E-state index < -0.39 is 0 Å². The van der Waals surface area contributed by atoms with Gasteiger partial charge in [-0.15, -0.1) is 0 Å². The molecule has 0 fully saturated rings. The predicted molar refractivity (Wildman–Crippen MR) is 199 cm³/mol. The molecule has 0 aliphatic carbocycles. The standard InChI is InChI=1S/C42H62O8/c1-2-3-4-5-6-7-10-15-38-20-21-42(50-36-40-18-13-9-14-19-40)41(34-38)37-49-33-31-47-29-27-45-25-23-43-22-24-44-26-28-46-30-32-48-35-39-16-11-8-12-17-39/h8-9,11-14,16-21,34H,2-7,10,15,22-33,35-37H2,1H3. The Bertz CT molecular complexity index is 1180. The van der Waals surface area contributed by atoms with E-state index in [-0.39, 0.29) is 0 Å². The van der Waals surface area contributed by atoms with E-state index in [1.807, 2.05) is 48.5 Å². The highest BCUT2D eigenvalue weighted by Gasteiger charge is 2.08. The smallest absolute Gasteiger partial charge is 0.125 e. The quantitative estimate of drug-likeness (QED) is 0.0589. The summed E-state index contributed by atoms with van der Waals surface area (Å²) in [6, 6.07) is 26.9. The third kappa shape index (κ3) is 21.4. The molecule has 0 radical (unpaired) electrons. The Labute approximate surface area is 301 Å². The summed E-state index contributed by atoms with van der Waals surface area (Å²) in [6.45, 7) is 10.3. The summed E-state index contributed by atoms with van der Waals surface area (Å²) in [4.78, 5) is 0. The molecule has 50 heavy (non-hydrogen) atoms. The third-order valence-corrected chi connectivity index (χ3v) is 8.03. The molecule has 0 unspecified atom stereocenters. The van der Waals surface area contributed by atoms with Crippen LogP contribution in [0.4, 0.5) is 0 Å². The van der Waals surface area contributed by atoms with Gasteiger partial charge < -0.3 is 37.9 Å². The van der Waals surface area contributed by atoms with E-state index in [2.05, 4.69) is 37.3 Å². The van der Waals surface area contributed by atoms with E-state index in [0.29, 0.717) is 99.1 Å². The molecule has 3 aromatic carbocycles. The zero-order valence-corrected chi connectivity index (χ0v) is 30.5. The molecule has 0 aliphatic rings. The molecule has 3 rings (SSSR count). The number of ether oxygens (including phenoxy) is 8. The van der Waals surface area contributed by atoms with Crippen LogP contribution in [0, 0.1) is 0 Å². The first-order chi connectivity index (χ1) is 24.8. The van der Waals surface area contributed by atoms with Crippen molar-refractivity contribution in [1.82, 2.24) is 0 Å². The van der Waals surface area contributed by atoms with Crippen molar-refractivity contribution in [3.8, 4) is 5.75 Å². The Balaban J connectivity index is 1.14. The molecule has 0 amide bonds. The summed E-state index contributed by atoms with van der Waals surface area (Å²) < 4.78 is 45.7. The van der Waals surface area contributed by atoms with E-state index in [9.17, 15) is 0 Å². The van der Waals surface area contributed by atoms with Gasteiger partial charge >= 0.3 is 0 Å². The number of unbranched alkanes of at least 4 members (excludes halogenated alkanes) is 6. The van der Waals surface area contributed by atoms with Gasteiger partial charge in [-0.25, -0.2) is 0 Å². The van der Waals surface area contributed by atoms with Crippen molar-refractivity contribution in [1.29, 1.82) is 0 Å². The molecular weight excluding hydrogens is 632 g/mol. The van der Waals surface area contributed by atoms with Gasteiger partial charge in [-0.05, 0) is 41.7 Å². The fraction of sp³-hybridized carbons (Fsp3) is 0.571. The van der Waals surface area contributed by atoms with Crippen molar-refractivity contribution in [2.45, 2.75) is 78.1 Å². The average Bonchev–Trinajstić information content (AvgIpc) is 3.15. The predicted octanol–water partition coefficient (Wildman–Crippen LogP) is 8.38. The van der Waals surface area contributed by atoms with Crippen LogP contribution < -0.4 is 4.74 Å². The lowest BCUT2D eigenvalue weighted by Crippen LogP contribution is -2.14. The van der Waals surface area contributed by atoms with Crippen molar-refractivity contribution < 1.29 is 37.9 Å². The maximum Gasteiger partial charge on any atom is 0.125 e. The lowest BCUT2D eigenvalue weighted by molar-refractivity contribution is -0.0218. The third-order valence-electron chi connectivity index (χ3n) is 8.03. The first kappa shape index (κ1) is 41.6. The lowest BCUT2D eigenvalue weighted by Gasteiger charge is -2.14. The van der Waals surface area contributed by atoms with Crippen molar-refractivity contribution in [3.63, 3.8) is 0 Å². The summed E-state index contributed by atoms with van der Waals surface area (Å²) in [5, 5.41) is 0. The topological polar surface area (TPSA) is 73.8 Å². The first-order valence-corrected chi connectivity index (χ1v) is 18.7. The van der Waals surface area contributed by atoms with E-state index in [4.69, 9.17) is 37.9 Å². The van der Waals surface area contributed by atoms with Gasteiger partial charge in [0.1, 0.15) is 12.4 Å². The molecule has 8 heteroatoms. The van der Waals surface area contributed by atoms with Gasteiger partial charge in [-0.2, -0.15) is 0 Å². The number of hydrogen-bond acceptors (Lipinski definition) is 8. The summed E-state index contributed by atoms with van der Waals surface area (Å²) >= 11 is 0. The Morgan fingerprint density at radius 2 is 0.820 bits per heavy atom. The molecule has 0 N–H and O–H groups in total. The van der Waals surface area contributed by atoms with Gasteiger partial charge in [0.05, 0.1) is 92.5 Å². The molecule has 278 valence electrons. The van der Waals surface area contributed by atoms with Gasteiger partial charge in [0.15, 0.2) is 0 Å². The molecule has 0 aliphatic heterocycles. The van der Waals surface area contributed by atoms with Crippen LogP contribution in [0.5, 0.6) is 5.75 Å². The lowest BCUT2D eigenvalue weighted by atomic mass is 10.0. The molecule has 0 spiro atoms. The van der Waals surface area contributed by atoms with Crippen LogP contribution in [-0.4, -0.2) is 79.3 Å². The second-order valence-electron chi connectivity index (χ2n) is 12.2. The largest absolute Gasteiger partial charge is 0.489 e. The Kier molecular flexibility index (Phi) is 24.8. The van der Waals surface area contributed by atoms with Crippen molar-refractivity contribution in [2.75, 3.05) is 79.3 Å². The maximum atomic E-state index is 6.21. The van der Waals surface area contributed by atoms with Gasteiger partial charge in [0, 0.05) is 5.56 Å². The van der Waals surface area contributed by atoms with Gasteiger partial charge in [-0.1, -0.05) is 112 Å². The van der Waals surface area contributed by atoms with Crippen molar-refractivity contribution in [3.05, 3.63) is 101 Å². The van der Waals surface area contributed by atoms with Crippen molar-refractivity contribution in [2.24, 2.45) is 0 Å². The SMILES string of the molecule is CCCCCCCCCc1ccc(OCc2ccccc2)c(COCCOCCOCCOCCOCCOCCOCc2ccccc2)c1. The number of rotatable bonds is 33. The van der Waals surface area contributed by atoms with Gasteiger partial charge in [-0.3, -0.25) is 0 Å². The first-order valence-electron chi connectivity index (χ1n) is 18.7. The maximum absolute atomic E-state index is 6.21. The average molecular weight is 695 g/mol. The molecule has 0 heterocycles. The minimum Gasteiger partial charge on any atom is -0.489 e. The summed E-state index contributed by atoms with van der Waals surface area (Å²) in [5.74, 6) is 0.880. The second kappa shape index (κ2) is 29.9. The van der Waals surface area contributed by atoms with E-state index in [0.717, 1.165) is 28.9 Å². The molecule has 0 atom stereocenters. The van der Waals surface area contributed by atoms with Crippen LogP contribution in [0.25, 0.3) is 0 Å². The number of benzene rings is 3.